The van der Waals surface area contributed by atoms with Crippen molar-refractivity contribution in [1.82, 2.24) is 5.32 Å². The molecular formula is C10H9F4N. The lowest BCUT2D eigenvalue weighted by atomic mass is 9.93. The molecule has 0 amide bonds. The molecule has 1 nitrogen and oxygen atoms in total. The normalized spacial score (nSPS) is 21.2. The van der Waals surface area contributed by atoms with E-state index < -0.39 is 17.6 Å². The first-order chi connectivity index (χ1) is 6.98. The molecule has 1 aliphatic rings. The van der Waals surface area contributed by atoms with E-state index in [1.165, 1.54) is 6.07 Å². The van der Waals surface area contributed by atoms with Gasteiger partial charge in [-0.25, -0.2) is 4.39 Å². The van der Waals surface area contributed by atoms with Crippen LogP contribution >= 0.6 is 0 Å². The van der Waals surface area contributed by atoms with Crippen molar-refractivity contribution in [1.29, 1.82) is 0 Å². The van der Waals surface area contributed by atoms with Crippen LogP contribution in [0.25, 0.3) is 0 Å². The molecular weight excluding hydrogens is 210 g/mol. The third-order valence-corrected chi connectivity index (χ3v) is 2.52. The third kappa shape index (κ3) is 1.97. The van der Waals surface area contributed by atoms with Gasteiger partial charge in [0.2, 0.25) is 0 Å². The monoisotopic (exact) mass is 219 g/mol. The van der Waals surface area contributed by atoms with Gasteiger partial charge >= 0.3 is 6.18 Å². The minimum atomic E-state index is -4.49. The molecule has 82 valence electrons. The smallest absolute Gasteiger partial charge is 0.310 e. The highest BCUT2D eigenvalue weighted by atomic mass is 19.4. The van der Waals surface area contributed by atoms with Gasteiger partial charge in [-0.3, -0.25) is 0 Å². The highest BCUT2D eigenvalue weighted by Crippen LogP contribution is 2.37. The Bertz CT molecular complexity index is 368. The second-order valence-electron chi connectivity index (χ2n) is 3.52. The molecule has 1 saturated heterocycles. The first-order valence-corrected chi connectivity index (χ1v) is 4.58. The van der Waals surface area contributed by atoms with Gasteiger partial charge in [0.25, 0.3) is 0 Å². The zero-order valence-electron chi connectivity index (χ0n) is 7.74. The Morgan fingerprint density at radius 3 is 2.40 bits per heavy atom. The quantitative estimate of drug-likeness (QED) is 0.716. The second kappa shape index (κ2) is 3.48. The molecule has 5 heteroatoms. The number of halogens is 4. The minimum absolute atomic E-state index is 0.134. The summed E-state index contributed by atoms with van der Waals surface area (Å²) in [6.45, 7) is 0.708. The molecule has 1 aromatic rings. The lowest BCUT2D eigenvalue weighted by molar-refractivity contribution is -0.138. The number of alkyl halides is 3. The van der Waals surface area contributed by atoms with Crippen LogP contribution in [0.5, 0.6) is 0 Å². The fourth-order valence-corrected chi connectivity index (χ4v) is 1.63. The van der Waals surface area contributed by atoms with Crippen LogP contribution in [0.4, 0.5) is 17.6 Å². The van der Waals surface area contributed by atoms with Gasteiger partial charge in [-0.1, -0.05) is 6.07 Å². The lowest BCUT2D eigenvalue weighted by Gasteiger charge is -2.30. The fraction of sp³-hybridized carbons (Fsp3) is 0.400. The van der Waals surface area contributed by atoms with E-state index in [-0.39, 0.29) is 11.6 Å². The molecule has 2 rings (SSSR count). The van der Waals surface area contributed by atoms with E-state index in [1.54, 1.807) is 0 Å². The van der Waals surface area contributed by atoms with Gasteiger partial charge in [-0.15, -0.1) is 0 Å². The molecule has 0 spiro atoms. The van der Waals surface area contributed by atoms with Gasteiger partial charge in [0.15, 0.2) is 0 Å². The summed E-state index contributed by atoms with van der Waals surface area (Å²) < 4.78 is 50.4. The fourth-order valence-electron chi connectivity index (χ4n) is 1.63. The van der Waals surface area contributed by atoms with E-state index in [1.807, 2.05) is 0 Å². The number of nitrogens with one attached hydrogen (secondary N) is 1. The van der Waals surface area contributed by atoms with Crippen molar-refractivity contribution in [3.63, 3.8) is 0 Å². The summed E-state index contributed by atoms with van der Waals surface area (Å²) in [6.07, 6.45) is -3.83. The molecule has 1 aromatic carbocycles. The molecule has 1 N–H and O–H groups in total. The summed E-state index contributed by atoms with van der Waals surface area (Å²) in [5, 5.41) is 2.87. The standard InChI is InChI=1S/C10H9F4N/c11-6-1-2-7(9-3-4-15-9)8(5-6)10(12,13)14/h1-2,5,9,15H,3-4H2/t9-/m1/s1. The number of hydrogen-bond acceptors (Lipinski definition) is 1. The summed E-state index contributed by atoms with van der Waals surface area (Å²) >= 11 is 0. The van der Waals surface area contributed by atoms with E-state index in [0.29, 0.717) is 19.0 Å². The molecule has 0 aromatic heterocycles. The Kier molecular flexibility index (Phi) is 2.42. The summed E-state index contributed by atoms with van der Waals surface area (Å²) in [6, 6.07) is 2.52. The topological polar surface area (TPSA) is 12.0 Å². The Morgan fingerprint density at radius 1 is 1.27 bits per heavy atom. The van der Waals surface area contributed by atoms with Gasteiger partial charge in [-0.05, 0) is 30.7 Å². The summed E-state index contributed by atoms with van der Waals surface area (Å²) in [5.41, 5.74) is -0.741. The molecule has 0 radical (unpaired) electrons. The zero-order valence-corrected chi connectivity index (χ0v) is 7.74. The summed E-state index contributed by atoms with van der Waals surface area (Å²) in [4.78, 5) is 0. The van der Waals surface area contributed by atoms with Crippen LogP contribution in [0, 0.1) is 5.82 Å². The van der Waals surface area contributed by atoms with Crippen molar-refractivity contribution in [3.05, 3.63) is 35.1 Å². The van der Waals surface area contributed by atoms with Crippen molar-refractivity contribution in [2.45, 2.75) is 18.6 Å². The highest BCUT2D eigenvalue weighted by Gasteiger charge is 2.36. The predicted molar refractivity (Wildman–Crippen MR) is 46.8 cm³/mol. The van der Waals surface area contributed by atoms with Crippen LogP contribution in [0.3, 0.4) is 0 Å². The van der Waals surface area contributed by atoms with Crippen LogP contribution < -0.4 is 5.32 Å². The molecule has 0 bridgehead atoms. The zero-order chi connectivity index (χ0) is 11.1. The van der Waals surface area contributed by atoms with Gasteiger partial charge in [0.1, 0.15) is 5.82 Å². The predicted octanol–water partition coefficient (Wildman–Crippen LogP) is 2.88. The van der Waals surface area contributed by atoms with Crippen molar-refractivity contribution in [2.24, 2.45) is 0 Å². The third-order valence-electron chi connectivity index (χ3n) is 2.52. The average Bonchev–Trinajstić information content (AvgIpc) is 2.03. The van der Waals surface area contributed by atoms with E-state index in [4.69, 9.17) is 0 Å². The molecule has 1 atom stereocenters. The summed E-state index contributed by atoms with van der Waals surface area (Å²) in [7, 11) is 0. The SMILES string of the molecule is Fc1ccc([C@H]2CCN2)c(C(F)(F)F)c1. The Hall–Kier alpha value is -1.10. The maximum atomic E-state index is 12.7. The highest BCUT2D eigenvalue weighted by molar-refractivity contribution is 5.34. The maximum Gasteiger partial charge on any atom is 0.416 e. The Morgan fingerprint density at radius 2 is 1.93 bits per heavy atom. The Balaban J connectivity index is 2.44. The summed E-state index contributed by atoms with van der Waals surface area (Å²) in [5.74, 6) is -0.856. The largest absolute Gasteiger partial charge is 0.416 e. The molecule has 0 aliphatic carbocycles. The van der Waals surface area contributed by atoms with Crippen molar-refractivity contribution < 1.29 is 17.6 Å². The molecule has 1 heterocycles. The first-order valence-electron chi connectivity index (χ1n) is 4.58. The van der Waals surface area contributed by atoms with Gasteiger partial charge in [-0.2, -0.15) is 13.2 Å². The van der Waals surface area contributed by atoms with Crippen LogP contribution in [-0.2, 0) is 6.18 Å². The van der Waals surface area contributed by atoms with E-state index in [2.05, 4.69) is 5.32 Å². The minimum Gasteiger partial charge on any atom is -0.310 e. The maximum absolute atomic E-state index is 12.7. The van der Waals surface area contributed by atoms with E-state index >= 15 is 0 Å². The molecule has 1 fully saturated rings. The molecule has 1 aliphatic heterocycles. The lowest BCUT2D eigenvalue weighted by Crippen LogP contribution is -2.36. The van der Waals surface area contributed by atoms with E-state index in [0.717, 1.165) is 6.07 Å². The van der Waals surface area contributed by atoms with Gasteiger partial charge in [0.05, 0.1) is 5.56 Å². The first kappa shape index (κ1) is 10.4. The van der Waals surface area contributed by atoms with Crippen LogP contribution in [-0.4, -0.2) is 6.54 Å². The average molecular weight is 219 g/mol. The van der Waals surface area contributed by atoms with Crippen LogP contribution in [0.15, 0.2) is 18.2 Å². The van der Waals surface area contributed by atoms with Crippen molar-refractivity contribution in [3.8, 4) is 0 Å². The van der Waals surface area contributed by atoms with E-state index in [9.17, 15) is 17.6 Å². The molecule has 15 heavy (non-hydrogen) atoms. The molecule has 0 saturated carbocycles. The van der Waals surface area contributed by atoms with Crippen LogP contribution in [0.2, 0.25) is 0 Å². The number of hydrogen-bond donors (Lipinski definition) is 1. The van der Waals surface area contributed by atoms with Crippen molar-refractivity contribution in [2.75, 3.05) is 6.54 Å². The Labute approximate surface area is 84.1 Å². The molecule has 0 unspecified atom stereocenters. The van der Waals surface area contributed by atoms with Gasteiger partial charge in [0, 0.05) is 6.04 Å². The van der Waals surface area contributed by atoms with Gasteiger partial charge < -0.3 is 5.32 Å². The number of rotatable bonds is 1. The van der Waals surface area contributed by atoms with Crippen molar-refractivity contribution >= 4 is 0 Å². The van der Waals surface area contributed by atoms with Crippen LogP contribution in [0.1, 0.15) is 23.6 Å². The second-order valence-corrected chi connectivity index (χ2v) is 3.52. The number of benzene rings is 1.